The van der Waals surface area contributed by atoms with Crippen LogP contribution in [0, 0.1) is 5.92 Å². The van der Waals surface area contributed by atoms with E-state index >= 15 is 0 Å². The minimum Gasteiger partial charge on any atom is -0.343 e. The standard InChI is InChI=1S/C30H30N2O4S/c1-3-32(4-2)30(34)28(20-22-14-16-25(17-15-22)23-10-6-5-7-11-23)29(33)31-37(35,36)27-19-18-24-12-8-9-13-26(24)21-27/h5-19,21,28H,3-4,20H2,1-2H3,(H,31,33). The lowest BCUT2D eigenvalue weighted by molar-refractivity contribution is -0.141. The van der Waals surface area contributed by atoms with Crippen LogP contribution in [0.3, 0.4) is 0 Å². The highest BCUT2D eigenvalue weighted by molar-refractivity contribution is 7.90. The number of nitrogens with one attached hydrogen (secondary N) is 1. The molecule has 4 aromatic carbocycles. The van der Waals surface area contributed by atoms with Crippen LogP contribution in [0.4, 0.5) is 0 Å². The normalized spacial score (nSPS) is 12.2. The average Bonchev–Trinajstić information content (AvgIpc) is 2.92. The van der Waals surface area contributed by atoms with Crippen molar-refractivity contribution in [3.05, 3.63) is 103 Å². The number of fused-ring (bicyclic) bond motifs is 1. The van der Waals surface area contributed by atoms with Crippen molar-refractivity contribution in [1.82, 2.24) is 9.62 Å². The Kier molecular flexibility index (Phi) is 8.04. The van der Waals surface area contributed by atoms with Crippen molar-refractivity contribution in [2.24, 2.45) is 5.92 Å². The first-order chi connectivity index (χ1) is 17.8. The van der Waals surface area contributed by atoms with E-state index in [2.05, 4.69) is 4.72 Å². The molecule has 0 radical (unpaired) electrons. The molecular weight excluding hydrogens is 484 g/mol. The molecule has 37 heavy (non-hydrogen) atoms. The van der Waals surface area contributed by atoms with Gasteiger partial charge in [0.1, 0.15) is 5.92 Å². The van der Waals surface area contributed by atoms with Crippen LogP contribution in [-0.2, 0) is 26.0 Å². The van der Waals surface area contributed by atoms with E-state index in [0.717, 1.165) is 27.5 Å². The van der Waals surface area contributed by atoms with Crippen LogP contribution in [0.15, 0.2) is 102 Å². The summed E-state index contributed by atoms with van der Waals surface area (Å²) in [4.78, 5) is 28.2. The molecule has 0 heterocycles. The third-order valence-corrected chi connectivity index (χ3v) is 7.80. The monoisotopic (exact) mass is 514 g/mol. The van der Waals surface area contributed by atoms with Gasteiger partial charge in [-0.25, -0.2) is 13.1 Å². The van der Waals surface area contributed by atoms with E-state index in [4.69, 9.17) is 0 Å². The van der Waals surface area contributed by atoms with Crippen molar-refractivity contribution in [3.8, 4) is 11.1 Å². The van der Waals surface area contributed by atoms with Crippen LogP contribution in [-0.4, -0.2) is 38.2 Å². The van der Waals surface area contributed by atoms with Crippen LogP contribution in [0.2, 0.25) is 0 Å². The van der Waals surface area contributed by atoms with Gasteiger partial charge in [0.05, 0.1) is 4.90 Å². The maximum atomic E-state index is 13.3. The van der Waals surface area contributed by atoms with Gasteiger partial charge in [0, 0.05) is 13.1 Å². The minimum absolute atomic E-state index is 0.0270. The molecule has 0 aromatic heterocycles. The lowest BCUT2D eigenvalue weighted by atomic mass is 9.95. The van der Waals surface area contributed by atoms with Crippen molar-refractivity contribution in [2.75, 3.05) is 13.1 Å². The van der Waals surface area contributed by atoms with Gasteiger partial charge in [0.25, 0.3) is 10.0 Å². The Morgan fingerprint density at radius 1 is 0.757 bits per heavy atom. The minimum atomic E-state index is -4.17. The maximum absolute atomic E-state index is 13.3. The summed E-state index contributed by atoms with van der Waals surface area (Å²) in [6.45, 7) is 4.50. The predicted octanol–water partition coefficient (Wildman–Crippen LogP) is 5.04. The molecule has 4 aromatic rings. The number of hydrogen-bond acceptors (Lipinski definition) is 4. The number of rotatable bonds is 9. The van der Waals surface area contributed by atoms with Crippen molar-refractivity contribution in [2.45, 2.75) is 25.2 Å². The highest BCUT2D eigenvalue weighted by Crippen LogP contribution is 2.22. The predicted molar refractivity (Wildman–Crippen MR) is 146 cm³/mol. The molecule has 0 aliphatic rings. The SMILES string of the molecule is CCN(CC)C(=O)C(Cc1ccc(-c2ccccc2)cc1)C(=O)NS(=O)(=O)c1ccc2ccccc2c1. The molecule has 0 spiro atoms. The fourth-order valence-electron chi connectivity index (χ4n) is 4.34. The molecule has 0 bridgehead atoms. The van der Waals surface area contributed by atoms with Crippen LogP contribution >= 0.6 is 0 Å². The van der Waals surface area contributed by atoms with Gasteiger partial charge in [0.2, 0.25) is 11.8 Å². The molecule has 0 saturated heterocycles. The first-order valence-corrected chi connectivity index (χ1v) is 13.8. The molecule has 2 amide bonds. The highest BCUT2D eigenvalue weighted by Gasteiger charge is 2.33. The summed E-state index contributed by atoms with van der Waals surface area (Å²) < 4.78 is 28.4. The Morgan fingerprint density at radius 3 is 2.00 bits per heavy atom. The van der Waals surface area contributed by atoms with Gasteiger partial charge >= 0.3 is 0 Å². The van der Waals surface area contributed by atoms with Crippen molar-refractivity contribution < 1.29 is 18.0 Å². The molecule has 6 nitrogen and oxygen atoms in total. The molecule has 1 atom stereocenters. The van der Waals surface area contributed by atoms with Crippen molar-refractivity contribution in [3.63, 3.8) is 0 Å². The van der Waals surface area contributed by atoms with Gasteiger partial charge < -0.3 is 4.90 Å². The summed E-state index contributed by atoms with van der Waals surface area (Å²) >= 11 is 0. The molecule has 4 rings (SSSR count). The fraction of sp³-hybridized carbons (Fsp3) is 0.200. The molecule has 1 N–H and O–H groups in total. The van der Waals surface area contributed by atoms with Crippen LogP contribution in [0.1, 0.15) is 19.4 Å². The molecule has 0 aliphatic carbocycles. The number of amides is 2. The number of benzene rings is 4. The highest BCUT2D eigenvalue weighted by atomic mass is 32.2. The van der Waals surface area contributed by atoms with Gasteiger partial charge in [-0.05, 0) is 59.9 Å². The zero-order chi connectivity index (χ0) is 26.4. The molecule has 0 saturated carbocycles. The van der Waals surface area contributed by atoms with Gasteiger partial charge in [-0.2, -0.15) is 0 Å². The number of hydrogen-bond donors (Lipinski definition) is 1. The number of nitrogens with zero attached hydrogens (tertiary/aromatic N) is 1. The van der Waals surface area contributed by atoms with Crippen LogP contribution in [0.25, 0.3) is 21.9 Å². The van der Waals surface area contributed by atoms with E-state index in [-0.39, 0.29) is 11.3 Å². The Hall–Kier alpha value is -3.97. The first-order valence-electron chi connectivity index (χ1n) is 12.3. The first kappa shape index (κ1) is 26.1. The van der Waals surface area contributed by atoms with Gasteiger partial charge in [-0.3, -0.25) is 9.59 Å². The summed E-state index contributed by atoms with van der Waals surface area (Å²) in [6.07, 6.45) is 0.0868. The lowest BCUT2D eigenvalue weighted by Gasteiger charge is -2.25. The quantitative estimate of drug-likeness (QED) is 0.317. The van der Waals surface area contributed by atoms with Crippen LogP contribution in [0.5, 0.6) is 0 Å². The molecule has 0 aliphatic heterocycles. The van der Waals surface area contributed by atoms with E-state index < -0.39 is 27.8 Å². The number of carbonyl (C=O) groups is 2. The second-order valence-electron chi connectivity index (χ2n) is 8.81. The Bertz CT molecular complexity index is 1500. The molecule has 1 unspecified atom stereocenters. The van der Waals surface area contributed by atoms with E-state index in [1.54, 1.807) is 11.0 Å². The summed E-state index contributed by atoms with van der Waals surface area (Å²) in [5.74, 6) is -2.42. The Morgan fingerprint density at radius 2 is 1.35 bits per heavy atom. The Balaban J connectivity index is 1.59. The largest absolute Gasteiger partial charge is 0.343 e. The molecule has 7 heteroatoms. The summed E-state index contributed by atoms with van der Waals surface area (Å²) in [5.41, 5.74) is 2.84. The zero-order valence-corrected chi connectivity index (χ0v) is 21.7. The van der Waals surface area contributed by atoms with E-state index in [1.165, 1.54) is 12.1 Å². The third-order valence-electron chi connectivity index (χ3n) is 6.46. The van der Waals surface area contributed by atoms with Crippen molar-refractivity contribution >= 4 is 32.6 Å². The third kappa shape index (κ3) is 6.06. The maximum Gasteiger partial charge on any atom is 0.264 e. The summed E-state index contributed by atoms with van der Waals surface area (Å²) in [7, 11) is -4.17. The second-order valence-corrected chi connectivity index (χ2v) is 10.5. The summed E-state index contributed by atoms with van der Waals surface area (Å²) in [6, 6.07) is 29.6. The van der Waals surface area contributed by atoms with Gasteiger partial charge in [-0.1, -0.05) is 84.9 Å². The summed E-state index contributed by atoms with van der Waals surface area (Å²) in [5, 5.41) is 1.63. The average molecular weight is 515 g/mol. The van der Waals surface area contributed by atoms with Crippen molar-refractivity contribution in [1.29, 1.82) is 0 Å². The van der Waals surface area contributed by atoms with E-state index in [0.29, 0.717) is 13.1 Å². The number of sulfonamides is 1. The molecule has 0 fully saturated rings. The van der Waals surface area contributed by atoms with Gasteiger partial charge in [-0.15, -0.1) is 0 Å². The topological polar surface area (TPSA) is 83.6 Å². The lowest BCUT2D eigenvalue weighted by Crippen LogP contribution is -2.46. The molecule has 190 valence electrons. The van der Waals surface area contributed by atoms with E-state index in [9.17, 15) is 18.0 Å². The zero-order valence-electron chi connectivity index (χ0n) is 20.9. The Labute approximate surface area is 218 Å². The second kappa shape index (κ2) is 11.4. The van der Waals surface area contributed by atoms with E-state index in [1.807, 2.05) is 92.7 Å². The van der Waals surface area contributed by atoms with Gasteiger partial charge in [0.15, 0.2) is 0 Å². The van der Waals surface area contributed by atoms with Crippen LogP contribution < -0.4 is 4.72 Å². The smallest absolute Gasteiger partial charge is 0.264 e. The number of carbonyl (C=O) groups excluding carboxylic acids is 2. The molecular formula is C30H30N2O4S. The fourth-order valence-corrected chi connectivity index (χ4v) is 5.40.